The molecule has 25 heavy (non-hydrogen) atoms. The molecule has 1 aliphatic rings. The Labute approximate surface area is 149 Å². The minimum Gasteiger partial charge on any atom is -0.355 e. The summed E-state index contributed by atoms with van der Waals surface area (Å²) < 4.78 is 0. The van der Waals surface area contributed by atoms with Gasteiger partial charge >= 0.3 is 0 Å². The van der Waals surface area contributed by atoms with E-state index in [2.05, 4.69) is 28.5 Å². The molecule has 0 spiro atoms. The van der Waals surface area contributed by atoms with Gasteiger partial charge in [0.25, 0.3) is 5.69 Å². The number of nitrogens with zero attached hydrogens (tertiary/aromatic N) is 2. The molecule has 0 radical (unpaired) electrons. The van der Waals surface area contributed by atoms with E-state index < -0.39 is 0 Å². The van der Waals surface area contributed by atoms with Gasteiger partial charge in [0, 0.05) is 27.7 Å². The minimum absolute atomic E-state index is 0.0334. The zero-order valence-electron chi connectivity index (χ0n) is 13.8. The first-order valence-corrected chi connectivity index (χ1v) is 9.18. The van der Waals surface area contributed by atoms with Crippen molar-refractivity contribution in [3.63, 3.8) is 0 Å². The lowest BCUT2D eigenvalue weighted by Gasteiger charge is -2.17. The van der Waals surface area contributed by atoms with Gasteiger partial charge in [-0.05, 0) is 55.3 Å². The average molecular weight is 351 g/mol. The fraction of sp³-hybridized carbons (Fsp3) is 0.211. The molecule has 0 amide bonds. The molecule has 0 saturated carbocycles. The number of anilines is 2. The summed E-state index contributed by atoms with van der Waals surface area (Å²) >= 11 is 1.90. The highest BCUT2D eigenvalue weighted by Crippen LogP contribution is 2.35. The Morgan fingerprint density at radius 1 is 1.24 bits per heavy atom. The maximum Gasteiger partial charge on any atom is 0.295 e. The number of aromatic nitrogens is 1. The molecular weight excluding hydrogens is 334 g/mol. The van der Waals surface area contributed by atoms with Crippen molar-refractivity contribution in [2.75, 3.05) is 11.1 Å². The Morgan fingerprint density at radius 3 is 2.96 bits per heavy atom. The third-order valence-electron chi connectivity index (χ3n) is 4.33. The second-order valence-electron chi connectivity index (χ2n) is 6.14. The molecule has 1 aromatic heterocycles. The number of nitro groups is 1. The van der Waals surface area contributed by atoms with Crippen molar-refractivity contribution < 1.29 is 4.92 Å². The highest BCUT2D eigenvalue weighted by atomic mass is 32.2. The molecule has 1 N–H and O–H groups in total. The van der Waals surface area contributed by atoms with Crippen molar-refractivity contribution in [2.45, 2.75) is 24.7 Å². The number of non-ortho nitro benzene ring substituents is 1. The van der Waals surface area contributed by atoms with E-state index in [0.29, 0.717) is 5.52 Å². The number of para-hydroxylation sites is 1. The predicted molar refractivity (Wildman–Crippen MR) is 102 cm³/mol. The Balaban J connectivity index is 1.79. The standard InChI is InChI=1S/C19H17N3O2S/c1-12-10-16(15-5-2-6-17(22(23)24)19(15)20-12)21-14-7-8-18-13(11-14)4-3-9-25-18/h2,5-8,10-11H,3-4,9H2,1H3,(H,20,21). The lowest BCUT2D eigenvalue weighted by Crippen LogP contribution is -2.01. The average Bonchev–Trinajstić information content (AvgIpc) is 2.61. The number of thioether (sulfide) groups is 1. The van der Waals surface area contributed by atoms with Crippen molar-refractivity contribution in [3.8, 4) is 0 Å². The molecule has 6 heteroatoms. The van der Waals surface area contributed by atoms with E-state index in [-0.39, 0.29) is 10.6 Å². The Bertz CT molecular complexity index is 988. The van der Waals surface area contributed by atoms with Crippen molar-refractivity contribution in [3.05, 3.63) is 63.8 Å². The van der Waals surface area contributed by atoms with Crippen LogP contribution < -0.4 is 5.32 Å². The van der Waals surface area contributed by atoms with E-state index in [1.165, 1.54) is 28.7 Å². The molecule has 5 nitrogen and oxygen atoms in total. The maximum atomic E-state index is 11.3. The van der Waals surface area contributed by atoms with Crippen molar-refractivity contribution in [2.24, 2.45) is 0 Å². The van der Waals surface area contributed by atoms with Gasteiger partial charge in [-0.25, -0.2) is 4.98 Å². The first-order chi connectivity index (χ1) is 12.1. The molecule has 0 saturated heterocycles. The van der Waals surface area contributed by atoms with Gasteiger partial charge < -0.3 is 5.32 Å². The van der Waals surface area contributed by atoms with Crippen molar-refractivity contribution in [1.82, 2.24) is 4.98 Å². The van der Waals surface area contributed by atoms with Gasteiger partial charge in [0.1, 0.15) is 0 Å². The van der Waals surface area contributed by atoms with Crippen LogP contribution in [0.4, 0.5) is 17.1 Å². The smallest absolute Gasteiger partial charge is 0.295 e. The van der Waals surface area contributed by atoms with Gasteiger partial charge in [-0.15, -0.1) is 11.8 Å². The highest BCUT2D eigenvalue weighted by molar-refractivity contribution is 7.99. The number of pyridine rings is 1. The highest BCUT2D eigenvalue weighted by Gasteiger charge is 2.16. The summed E-state index contributed by atoms with van der Waals surface area (Å²) in [5.41, 5.74) is 4.41. The summed E-state index contributed by atoms with van der Waals surface area (Å²) in [5, 5.41) is 15.5. The van der Waals surface area contributed by atoms with Gasteiger partial charge in [0.05, 0.1) is 10.6 Å². The van der Waals surface area contributed by atoms with Gasteiger partial charge in [0.15, 0.2) is 5.52 Å². The van der Waals surface area contributed by atoms with Gasteiger partial charge in [0.2, 0.25) is 0 Å². The lowest BCUT2D eigenvalue weighted by molar-refractivity contribution is -0.383. The SMILES string of the molecule is Cc1cc(Nc2ccc3c(c2)CCCS3)c2cccc([N+](=O)[O-])c2n1. The Morgan fingerprint density at radius 2 is 2.12 bits per heavy atom. The number of hydrogen-bond acceptors (Lipinski definition) is 5. The maximum absolute atomic E-state index is 11.3. The van der Waals surface area contributed by atoms with E-state index in [1.54, 1.807) is 6.07 Å². The van der Waals surface area contributed by atoms with Gasteiger partial charge in [-0.3, -0.25) is 10.1 Å². The summed E-state index contributed by atoms with van der Waals surface area (Å²) in [6, 6.07) is 13.4. The number of hydrogen-bond donors (Lipinski definition) is 1. The van der Waals surface area contributed by atoms with Crippen molar-refractivity contribution >= 4 is 39.7 Å². The molecule has 0 unspecified atom stereocenters. The number of fused-ring (bicyclic) bond motifs is 2. The van der Waals surface area contributed by atoms with Crippen LogP contribution in [-0.4, -0.2) is 15.7 Å². The van der Waals surface area contributed by atoms with E-state index in [0.717, 1.165) is 28.9 Å². The largest absolute Gasteiger partial charge is 0.355 e. The zero-order chi connectivity index (χ0) is 17.4. The van der Waals surface area contributed by atoms with E-state index in [9.17, 15) is 10.1 Å². The molecule has 0 aliphatic carbocycles. The van der Waals surface area contributed by atoms with Crippen LogP contribution in [0.25, 0.3) is 10.9 Å². The number of rotatable bonds is 3. The first kappa shape index (κ1) is 15.9. The Kier molecular flexibility index (Phi) is 4.05. The fourth-order valence-electron chi connectivity index (χ4n) is 3.21. The van der Waals surface area contributed by atoms with Crippen LogP contribution in [0.5, 0.6) is 0 Å². The second-order valence-corrected chi connectivity index (χ2v) is 7.28. The summed E-state index contributed by atoms with van der Waals surface area (Å²) in [5.74, 6) is 1.18. The summed E-state index contributed by atoms with van der Waals surface area (Å²) in [6.07, 6.45) is 2.30. The van der Waals surface area contributed by atoms with Crippen molar-refractivity contribution in [1.29, 1.82) is 0 Å². The predicted octanol–water partition coefficient (Wildman–Crippen LogP) is 5.23. The fourth-order valence-corrected chi connectivity index (χ4v) is 4.23. The van der Waals surface area contributed by atoms with E-state index >= 15 is 0 Å². The van der Waals surface area contributed by atoms with Crippen LogP contribution >= 0.6 is 11.8 Å². The molecule has 126 valence electrons. The summed E-state index contributed by atoms with van der Waals surface area (Å²) in [7, 11) is 0. The van der Waals surface area contributed by atoms with Crippen LogP contribution in [0.3, 0.4) is 0 Å². The van der Waals surface area contributed by atoms with Gasteiger partial charge in [-0.2, -0.15) is 0 Å². The molecule has 3 aromatic rings. The van der Waals surface area contributed by atoms with E-state index in [1.807, 2.05) is 30.8 Å². The number of nitro benzene ring substituents is 1. The van der Waals surface area contributed by atoms with E-state index in [4.69, 9.17) is 0 Å². The molecule has 0 fully saturated rings. The second kappa shape index (κ2) is 6.37. The Hall–Kier alpha value is -2.60. The van der Waals surface area contributed by atoms with Crippen LogP contribution in [-0.2, 0) is 6.42 Å². The lowest BCUT2D eigenvalue weighted by atomic mass is 10.1. The van der Waals surface area contributed by atoms with Crippen LogP contribution in [0.2, 0.25) is 0 Å². The van der Waals surface area contributed by atoms with Crippen LogP contribution in [0.15, 0.2) is 47.4 Å². The summed E-state index contributed by atoms with van der Waals surface area (Å²) in [4.78, 5) is 16.7. The monoisotopic (exact) mass is 351 g/mol. The number of nitrogens with one attached hydrogen (secondary N) is 1. The minimum atomic E-state index is -0.380. The molecule has 0 atom stereocenters. The number of benzene rings is 2. The number of aryl methyl sites for hydroxylation is 2. The van der Waals surface area contributed by atoms with Gasteiger partial charge in [-0.1, -0.05) is 12.1 Å². The molecular formula is C19H17N3O2S. The third-order valence-corrected chi connectivity index (χ3v) is 5.53. The van der Waals surface area contributed by atoms with Crippen LogP contribution in [0, 0.1) is 17.0 Å². The normalized spacial score (nSPS) is 13.5. The molecule has 2 aromatic carbocycles. The molecule has 0 bridgehead atoms. The van der Waals surface area contributed by atoms with Crippen LogP contribution in [0.1, 0.15) is 17.7 Å². The first-order valence-electron chi connectivity index (χ1n) is 8.19. The molecule has 4 rings (SSSR count). The quantitative estimate of drug-likeness (QED) is 0.517. The third kappa shape index (κ3) is 3.05. The topological polar surface area (TPSA) is 68.1 Å². The summed E-state index contributed by atoms with van der Waals surface area (Å²) in [6.45, 7) is 1.85. The zero-order valence-corrected chi connectivity index (χ0v) is 14.6. The molecule has 1 aliphatic heterocycles. The molecule has 2 heterocycles.